The number of carbonyl (C=O) groups is 1. The van der Waals surface area contributed by atoms with Gasteiger partial charge >= 0.3 is 5.97 Å². The summed E-state index contributed by atoms with van der Waals surface area (Å²) >= 11 is 12.9. The molecule has 0 aromatic heterocycles. The summed E-state index contributed by atoms with van der Waals surface area (Å²) in [4.78, 5) is 11.6. The molecule has 0 saturated heterocycles. The lowest BCUT2D eigenvalue weighted by Crippen LogP contribution is -2.03. The van der Waals surface area contributed by atoms with Crippen LogP contribution in [0.15, 0.2) is 72.8 Å². The molecule has 3 unspecified atom stereocenters. The summed E-state index contributed by atoms with van der Waals surface area (Å²) in [6.07, 6.45) is 1.73. The molecule has 1 N–H and O–H groups in total. The Morgan fingerprint density at radius 1 is 1.17 bits per heavy atom. The Balaban J connectivity index is 1.73. The van der Waals surface area contributed by atoms with Gasteiger partial charge in [-0.3, -0.25) is 4.79 Å². The smallest absolute Gasteiger partial charge is 0.307 e. The lowest BCUT2D eigenvalue weighted by molar-refractivity contribution is -0.139. The number of benzene rings is 3. The number of allylic oxidation sites excluding steroid dienone is 1. The molecule has 1 fully saturated rings. The first-order valence-electron chi connectivity index (χ1n) is 11.0. The van der Waals surface area contributed by atoms with Crippen molar-refractivity contribution < 1.29 is 19.0 Å². The second kappa shape index (κ2) is 9.73. The highest BCUT2D eigenvalue weighted by Gasteiger charge is 2.61. The minimum atomic E-state index is -0.871. The van der Waals surface area contributed by atoms with Crippen LogP contribution in [0.3, 0.4) is 0 Å². The molecule has 1 aliphatic rings. The maximum Gasteiger partial charge on any atom is 0.307 e. The summed E-state index contributed by atoms with van der Waals surface area (Å²) in [6, 6.07) is 20.3. The minimum absolute atomic E-state index is 0.0109. The molecule has 1 aliphatic carbocycles. The Morgan fingerprint density at radius 2 is 1.89 bits per heavy atom. The van der Waals surface area contributed by atoms with Crippen LogP contribution in [-0.2, 0) is 4.79 Å². The van der Waals surface area contributed by atoms with E-state index >= 15 is 0 Å². The van der Waals surface area contributed by atoms with Crippen molar-refractivity contribution in [3.05, 3.63) is 100 Å². The summed E-state index contributed by atoms with van der Waals surface area (Å²) < 4.78 is 20.2. The number of ether oxygens (including phenoxy) is 1. The van der Waals surface area contributed by atoms with Crippen LogP contribution >= 0.6 is 23.2 Å². The fourth-order valence-electron chi connectivity index (χ4n) is 4.41. The number of rotatable bonds is 7. The van der Waals surface area contributed by atoms with Crippen LogP contribution < -0.4 is 4.74 Å². The van der Waals surface area contributed by atoms with Crippen LogP contribution in [0.2, 0.25) is 5.02 Å². The first kappa shape index (κ1) is 24.8. The number of carboxylic acids is 1. The number of aliphatic carboxylic acids is 1. The quantitative estimate of drug-likeness (QED) is 0.351. The number of nitriles is 1. The van der Waals surface area contributed by atoms with Gasteiger partial charge in [-0.15, -0.1) is 0 Å². The highest BCUT2D eigenvalue weighted by atomic mass is 35.5. The molecular formula is C28H22Cl2FNO3. The van der Waals surface area contributed by atoms with Gasteiger partial charge in [-0.25, -0.2) is 4.39 Å². The largest absolute Gasteiger partial charge is 0.481 e. The zero-order valence-electron chi connectivity index (χ0n) is 19.0. The van der Waals surface area contributed by atoms with E-state index in [1.807, 2.05) is 19.9 Å². The summed E-state index contributed by atoms with van der Waals surface area (Å²) in [7, 11) is 0. The van der Waals surface area contributed by atoms with E-state index in [1.165, 1.54) is 18.2 Å². The van der Waals surface area contributed by atoms with Gasteiger partial charge in [0.15, 0.2) is 11.6 Å². The fourth-order valence-corrected chi connectivity index (χ4v) is 4.90. The lowest BCUT2D eigenvalue weighted by atomic mass is 9.88. The molecule has 0 heterocycles. The van der Waals surface area contributed by atoms with Crippen molar-refractivity contribution in [2.45, 2.75) is 19.8 Å². The van der Waals surface area contributed by atoms with Crippen LogP contribution in [-0.4, -0.2) is 11.1 Å². The fraction of sp³-hybridized carbons (Fsp3) is 0.214. The minimum Gasteiger partial charge on any atom is -0.481 e. The first-order valence-corrected chi connectivity index (χ1v) is 11.7. The highest BCUT2D eigenvalue weighted by Crippen LogP contribution is 2.60. The molecule has 0 bridgehead atoms. The Morgan fingerprint density at radius 3 is 2.51 bits per heavy atom. The van der Waals surface area contributed by atoms with E-state index in [2.05, 4.69) is 6.07 Å². The van der Waals surface area contributed by atoms with Crippen molar-refractivity contribution in [3.63, 3.8) is 0 Å². The molecule has 178 valence electrons. The Kier molecular flexibility index (Phi) is 6.89. The topological polar surface area (TPSA) is 70.3 Å². The number of hydrogen-bond donors (Lipinski definition) is 1. The molecule has 3 aromatic carbocycles. The Bertz CT molecular complexity index is 1350. The van der Waals surface area contributed by atoms with Crippen molar-refractivity contribution >= 4 is 34.2 Å². The van der Waals surface area contributed by atoms with Gasteiger partial charge in [0.05, 0.1) is 17.9 Å². The van der Waals surface area contributed by atoms with E-state index in [1.54, 1.807) is 48.5 Å². The first-order chi connectivity index (χ1) is 16.6. The molecule has 0 radical (unpaired) electrons. The van der Waals surface area contributed by atoms with Gasteiger partial charge in [-0.2, -0.15) is 5.26 Å². The molecule has 0 amide bonds. The molecule has 3 aromatic rings. The van der Waals surface area contributed by atoms with Gasteiger partial charge in [0.1, 0.15) is 5.75 Å². The van der Waals surface area contributed by atoms with Gasteiger partial charge < -0.3 is 9.84 Å². The summed E-state index contributed by atoms with van der Waals surface area (Å²) in [5.74, 6) is -2.58. The lowest BCUT2D eigenvalue weighted by Gasteiger charge is -2.17. The predicted octanol–water partition coefficient (Wildman–Crippen LogP) is 7.86. The van der Waals surface area contributed by atoms with Gasteiger partial charge in [0.25, 0.3) is 0 Å². The van der Waals surface area contributed by atoms with Crippen molar-refractivity contribution in [2.24, 2.45) is 17.3 Å². The van der Waals surface area contributed by atoms with Gasteiger partial charge in [0, 0.05) is 10.1 Å². The monoisotopic (exact) mass is 509 g/mol. The summed E-state index contributed by atoms with van der Waals surface area (Å²) in [6.45, 7) is 3.76. The normalized spacial score (nSPS) is 19.5. The maximum absolute atomic E-state index is 14.5. The number of halogens is 3. The van der Waals surface area contributed by atoms with E-state index in [4.69, 9.17) is 27.9 Å². The standard InChI is InChI=1S/C28H22Cl2FNO3/c1-28(2)22(26(28)27(33)34)14-23(30)19-10-9-17(29)13-20(19)21(15-32)16-8-11-24(31)25(12-16)35-18-6-4-3-5-7-18/h3-14,21-22,26H,1-2H3,(H,33,34). The van der Waals surface area contributed by atoms with E-state index in [0.717, 1.165) is 0 Å². The molecule has 7 heteroatoms. The second-order valence-electron chi connectivity index (χ2n) is 9.08. The average Bonchev–Trinajstić information content (AvgIpc) is 3.36. The van der Waals surface area contributed by atoms with Crippen LogP contribution in [0.1, 0.15) is 36.5 Å². The number of carboxylic acid groups (broad SMARTS) is 1. The van der Waals surface area contributed by atoms with Crippen LogP contribution in [0.4, 0.5) is 4.39 Å². The zero-order valence-corrected chi connectivity index (χ0v) is 20.5. The molecule has 0 aliphatic heterocycles. The molecule has 1 saturated carbocycles. The highest BCUT2D eigenvalue weighted by molar-refractivity contribution is 6.49. The molecule has 3 atom stereocenters. The van der Waals surface area contributed by atoms with Gasteiger partial charge in [-0.1, -0.05) is 73.5 Å². The second-order valence-corrected chi connectivity index (χ2v) is 9.92. The molecular weight excluding hydrogens is 488 g/mol. The van der Waals surface area contributed by atoms with Crippen molar-refractivity contribution in [2.75, 3.05) is 0 Å². The molecule has 0 spiro atoms. The van der Waals surface area contributed by atoms with Gasteiger partial charge in [-0.05, 0) is 64.4 Å². The van der Waals surface area contributed by atoms with Crippen LogP contribution in [0.5, 0.6) is 11.5 Å². The third kappa shape index (κ3) is 5.05. The molecule has 4 nitrogen and oxygen atoms in total. The van der Waals surface area contributed by atoms with E-state index < -0.39 is 29.0 Å². The zero-order chi connectivity index (χ0) is 25.3. The van der Waals surface area contributed by atoms with E-state index in [0.29, 0.717) is 32.5 Å². The van der Waals surface area contributed by atoms with Gasteiger partial charge in [0.2, 0.25) is 0 Å². The summed E-state index contributed by atoms with van der Waals surface area (Å²) in [5, 5.41) is 20.3. The van der Waals surface area contributed by atoms with Crippen molar-refractivity contribution in [1.82, 2.24) is 0 Å². The molecule has 4 rings (SSSR count). The number of para-hydroxylation sites is 1. The van der Waals surface area contributed by atoms with E-state index in [9.17, 15) is 19.6 Å². The summed E-state index contributed by atoms with van der Waals surface area (Å²) in [5.41, 5.74) is 1.17. The number of nitrogens with zero attached hydrogens (tertiary/aromatic N) is 1. The third-order valence-corrected chi connectivity index (χ3v) is 7.04. The Labute approximate surface area is 213 Å². The van der Waals surface area contributed by atoms with Crippen molar-refractivity contribution in [3.8, 4) is 17.6 Å². The van der Waals surface area contributed by atoms with Crippen LogP contribution in [0.25, 0.3) is 5.03 Å². The third-order valence-electron chi connectivity index (χ3n) is 6.47. The van der Waals surface area contributed by atoms with E-state index in [-0.39, 0.29) is 11.7 Å². The van der Waals surface area contributed by atoms with Crippen molar-refractivity contribution in [1.29, 1.82) is 5.26 Å². The van der Waals surface area contributed by atoms with Crippen LogP contribution in [0, 0.1) is 34.4 Å². The average molecular weight is 510 g/mol. The molecule has 35 heavy (non-hydrogen) atoms. The number of hydrogen-bond acceptors (Lipinski definition) is 3. The predicted molar refractivity (Wildman–Crippen MR) is 134 cm³/mol. The SMILES string of the molecule is CC1(C)C(C=C(Cl)c2ccc(Cl)cc2C(C#N)c2ccc(F)c(Oc3ccccc3)c2)C1C(=O)O. The maximum atomic E-state index is 14.5. The Hall–Kier alpha value is -3.33.